The van der Waals surface area contributed by atoms with Crippen LogP contribution in [0.5, 0.6) is 5.75 Å². The van der Waals surface area contributed by atoms with Crippen molar-refractivity contribution in [2.45, 2.75) is 12.1 Å². The molecule has 0 bridgehead atoms. The van der Waals surface area contributed by atoms with E-state index in [0.717, 1.165) is 0 Å². The number of likely N-dealkylation sites (N-methyl/N-ethyl adjacent to an activating group) is 1. The largest absolute Gasteiger partial charge is 0.496 e. The number of amides is 1. The summed E-state index contributed by atoms with van der Waals surface area (Å²) in [5.74, 6) is 0.315. The van der Waals surface area contributed by atoms with E-state index < -0.39 is 6.10 Å². The van der Waals surface area contributed by atoms with E-state index >= 15 is 0 Å². The normalized spacial score (nSPS) is 22.4. The van der Waals surface area contributed by atoms with E-state index in [9.17, 15) is 9.90 Å². The SMILES string of the molecule is COc1ccc(Cl)cc1C(=O)N1C[C@H](O)[C@@H](N(C)C)C1. The summed E-state index contributed by atoms with van der Waals surface area (Å²) in [6.45, 7) is 0.806. The molecule has 1 aromatic carbocycles. The van der Waals surface area contributed by atoms with Crippen LogP contribution in [-0.2, 0) is 0 Å². The molecule has 0 aromatic heterocycles. The Kier molecular flexibility index (Phi) is 4.52. The second-order valence-corrected chi connectivity index (χ2v) is 5.59. The number of methoxy groups -OCH3 is 1. The van der Waals surface area contributed by atoms with Gasteiger partial charge in [-0.3, -0.25) is 4.79 Å². The maximum absolute atomic E-state index is 12.6. The summed E-state index contributed by atoms with van der Waals surface area (Å²) in [7, 11) is 5.30. The number of carbonyl (C=O) groups excluding carboxylic acids is 1. The van der Waals surface area contributed by atoms with Crippen molar-refractivity contribution in [3.05, 3.63) is 28.8 Å². The quantitative estimate of drug-likeness (QED) is 0.908. The molecular formula is C14H19ClN2O3. The highest BCUT2D eigenvalue weighted by Gasteiger charge is 2.36. The second kappa shape index (κ2) is 5.99. The summed E-state index contributed by atoms with van der Waals surface area (Å²) in [5.41, 5.74) is 0.423. The molecule has 0 unspecified atom stereocenters. The van der Waals surface area contributed by atoms with Crippen LogP contribution in [0.4, 0.5) is 0 Å². The van der Waals surface area contributed by atoms with Crippen LogP contribution < -0.4 is 4.74 Å². The molecule has 110 valence electrons. The predicted octanol–water partition coefficient (Wildman–Crippen LogP) is 1.10. The molecule has 0 radical (unpaired) electrons. The number of halogens is 1. The molecule has 1 aromatic rings. The van der Waals surface area contributed by atoms with Gasteiger partial charge < -0.3 is 19.6 Å². The Hall–Kier alpha value is -1.30. The van der Waals surface area contributed by atoms with Crippen molar-refractivity contribution in [2.24, 2.45) is 0 Å². The molecule has 20 heavy (non-hydrogen) atoms. The van der Waals surface area contributed by atoms with Gasteiger partial charge in [0, 0.05) is 18.1 Å². The molecule has 2 atom stereocenters. The van der Waals surface area contributed by atoms with Crippen molar-refractivity contribution in [1.29, 1.82) is 0 Å². The topological polar surface area (TPSA) is 53.0 Å². The number of aliphatic hydroxyl groups is 1. The first-order valence-electron chi connectivity index (χ1n) is 6.41. The molecule has 2 rings (SSSR count). The third kappa shape index (κ3) is 2.90. The summed E-state index contributed by atoms with van der Waals surface area (Å²) < 4.78 is 5.20. The van der Waals surface area contributed by atoms with Crippen molar-refractivity contribution >= 4 is 17.5 Å². The van der Waals surface area contributed by atoms with Crippen LogP contribution in [0.15, 0.2) is 18.2 Å². The number of β-amino-alcohol motifs (C(OH)–C–C–N with tert-alkyl or cyclic N) is 1. The van der Waals surface area contributed by atoms with Gasteiger partial charge in [0.15, 0.2) is 0 Å². The lowest BCUT2D eigenvalue weighted by molar-refractivity contribution is 0.0760. The fourth-order valence-corrected chi connectivity index (χ4v) is 2.63. The third-order valence-corrected chi connectivity index (χ3v) is 3.84. The fourth-order valence-electron chi connectivity index (χ4n) is 2.46. The zero-order valence-corrected chi connectivity index (χ0v) is 12.6. The van der Waals surface area contributed by atoms with E-state index in [1.54, 1.807) is 23.1 Å². The van der Waals surface area contributed by atoms with Gasteiger partial charge >= 0.3 is 0 Å². The van der Waals surface area contributed by atoms with Crippen LogP contribution >= 0.6 is 11.6 Å². The van der Waals surface area contributed by atoms with Crippen LogP contribution in [0.3, 0.4) is 0 Å². The van der Waals surface area contributed by atoms with Crippen LogP contribution in [0, 0.1) is 0 Å². The Morgan fingerprint density at radius 3 is 2.70 bits per heavy atom. The monoisotopic (exact) mass is 298 g/mol. The summed E-state index contributed by atoms with van der Waals surface area (Å²) in [5, 5.41) is 10.5. The number of rotatable bonds is 3. The molecule has 0 spiro atoms. The van der Waals surface area contributed by atoms with E-state index in [0.29, 0.717) is 29.4 Å². The molecule has 1 heterocycles. The lowest BCUT2D eigenvalue weighted by Crippen LogP contribution is -2.38. The summed E-state index contributed by atoms with van der Waals surface area (Å²) >= 11 is 5.95. The predicted molar refractivity (Wildman–Crippen MR) is 77.4 cm³/mol. The standard InChI is InChI=1S/C14H19ClN2O3/c1-16(2)11-7-17(8-12(11)18)14(19)10-6-9(15)4-5-13(10)20-3/h4-6,11-12,18H,7-8H2,1-3H3/t11-,12-/m0/s1. The maximum Gasteiger partial charge on any atom is 0.257 e. The molecule has 1 aliphatic rings. The van der Waals surface area contributed by atoms with Crippen molar-refractivity contribution in [1.82, 2.24) is 9.80 Å². The Morgan fingerprint density at radius 1 is 1.45 bits per heavy atom. The number of nitrogens with zero attached hydrogens (tertiary/aromatic N) is 2. The molecule has 5 nitrogen and oxygen atoms in total. The van der Waals surface area contributed by atoms with E-state index in [1.807, 2.05) is 19.0 Å². The number of hydrogen-bond donors (Lipinski definition) is 1. The van der Waals surface area contributed by atoms with Crippen LogP contribution in [0.25, 0.3) is 0 Å². The molecule has 1 saturated heterocycles. The van der Waals surface area contributed by atoms with Crippen LogP contribution in [-0.4, -0.2) is 67.3 Å². The van der Waals surface area contributed by atoms with E-state index in [-0.39, 0.29) is 11.9 Å². The average molecular weight is 299 g/mol. The highest BCUT2D eigenvalue weighted by molar-refractivity contribution is 6.31. The minimum atomic E-state index is -0.542. The molecule has 6 heteroatoms. The highest BCUT2D eigenvalue weighted by Crippen LogP contribution is 2.26. The lowest BCUT2D eigenvalue weighted by Gasteiger charge is -2.21. The Bertz CT molecular complexity index is 507. The number of hydrogen-bond acceptors (Lipinski definition) is 4. The summed E-state index contributed by atoms with van der Waals surface area (Å²) in [6, 6.07) is 4.89. The van der Waals surface area contributed by atoms with Gasteiger partial charge in [-0.25, -0.2) is 0 Å². The van der Waals surface area contributed by atoms with Gasteiger partial charge in [0.05, 0.1) is 24.8 Å². The van der Waals surface area contributed by atoms with Gasteiger partial charge in [-0.05, 0) is 32.3 Å². The molecule has 1 fully saturated rings. The molecular weight excluding hydrogens is 280 g/mol. The van der Waals surface area contributed by atoms with Gasteiger partial charge in [0.1, 0.15) is 5.75 Å². The first kappa shape index (κ1) is 15.1. The van der Waals surface area contributed by atoms with E-state index in [1.165, 1.54) is 7.11 Å². The maximum atomic E-state index is 12.6. The fraction of sp³-hybridized carbons (Fsp3) is 0.500. The van der Waals surface area contributed by atoms with Crippen molar-refractivity contribution < 1.29 is 14.6 Å². The van der Waals surface area contributed by atoms with Crippen LogP contribution in [0.1, 0.15) is 10.4 Å². The zero-order chi connectivity index (χ0) is 14.9. The third-order valence-electron chi connectivity index (χ3n) is 3.60. The molecule has 1 amide bonds. The van der Waals surface area contributed by atoms with E-state index in [4.69, 9.17) is 16.3 Å². The molecule has 0 saturated carbocycles. The van der Waals surface area contributed by atoms with Gasteiger partial charge in [-0.15, -0.1) is 0 Å². The first-order chi connectivity index (χ1) is 9.43. The molecule has 0 aliphatic carbocycles. The summed E-state index contributed by atoms with van der Waals surface area (Å²) in [4.78, 5) is 16.1. The van der Waals surface area contributed by atoms with Crippen molar-refractivity contribution in [3.63, 3.8) is 0 Å². The first-order valence-corrected chi connectivity index (χ1v) is 6.79. The average Bonchev–Trinajstić information content (AvgIpc) is 2.80. The van der Waals surface area contributed by atoms with Gasteiger partial charge in [-0.2, -0.15) is 0 Å². The number of aliphatic hydroxyl groups excluding tert-OH is 1. The van der Waals surface area contributed by atoms with Crippen molar-refractivity contribution in [2.75, 3.05) is 34.3 Å². The molecule has 1 N–H and O–H groups in total. The highest BCUT2D eigenvalue weighted by atomic mass is 35.5. The van der Waals surface area contributed by atoms with Gasteiger partial charge in [0.25, 0.3) is 5.91 Å². The number of benzene rings is 1. The zero-order valence-electron chi connectivity index (χ0n) is 11.8. The number of likely N-dealkylation sites (tertiary alicyclic amines) is 1. The summed E-state index contributed by atoms with van der Waals surface area (Å²) in [6.07, 6.45) is -0.542. The van der Waals surface area contributed by atoms with Crippen LogP contribution in [0.2, 0.25) is 5.02 Å². The van der Waals surface area contributed by atoms with E-state index in [2.05, 4.69) is 0 Å². The molecule has 1 aliphatic heterocycles. The Balaban J connectivity index is 2.23. The lowest BCUT2D eigenvalue weighted by atomic mass is 10.1. The Morgan fingerprint density at radius 2 is 2.15 bits per heavy atom. The smallest absolute Gasteiger partial charge is 0.257 e. The van der Waals surface area contributed by atoms with Gasteiger partial charge in [0.2, 0.25) is 0 Å². The minimum Gasteiger partial charge on any atom is -0.496 e. The minimum absolute atomic E-state index is 0.0517. The number of ether oxygens (including phenoxy) is 1. The van der Waals surface area contributed by atoms with Crippen molar-refractivity contribution in [3.8, 4) is 5.75 Å². The second-order valence-electron chi connectivity index (χ2n) is 5.15. The number of carbonyl (C=O) groups is 1. The van der Waals surface area contributed by atoms with Gasteiger partial charge in [-0.1, -0.05) is 11.6 Å². The Labute approximate surface area is 123 Å².